The predicted molar refractivity (Wildman–Crippen MR) is 96.6 cm³/mol. The van der Waals surface area contributed by atoms with Crippen molar-refractivity contribution in [2.24, 2.45) is 0 Å². The molecule has 138 valence electrons. The van der Waals surface area contributed by atoms with Gasteiger partial charge in [-0.2, -0.15) is 0 Å². The van der Waals surface area contributed by atoms with Gasteiger partial charge in [-0.15, -0.1) is 0 Å². The second-order valence-corrected chi connectivity index (χ2v) is 5.22. The fourth-order valence-electron chi connectivity index (χ4n) is 2.36. The summed E-state index contributed by atoms with van der Waals surface area (Å²) < 4.78 is 15.6. The molecule has 0 saturated carbocycles. The highest BCUT2D eigenvalue weighted by atomic mass is 16.6. The number of hydrogen-bond acceptors (Lipinski definition) is 7. The summed E-state index contributed by atoms with van der Waals surface area (Å²) in [6.07, 6.45) is 0. The molecule has 0 aromatic heterocycles. The molecule has 2 aromatic carbocycles. The van der Waals surface area contributed by atoms with Gasteiger partial charge in [0.2, 0.25) is 0 Å². The van der Waals surface area contributed by atoms with E-state index in [-0.39, 0.29) is 23.7 Å². The number of anilines is 1. The third kappa shape index (κ3) is 4.41. The lowest BCUT2D eigenvalue weighted by Crippen LogP contribution is -2.15. The van der Waals surface area contributed by atoms with Gasteiger partial charge in [-0.05, 0) is 37.3 Å². The maximum absolute atomic E-state index is 12.4. The molecule has 0 bridgehead atoms. The van der Waals surface area contributed by atoms with Crippen LogP contribution < -0.4 is 19.5 Å². The quantitative estimate of drug-likeness (QED) is 0.416. The standard InChI is InChI=1S/C18H20N2O6/c1-4-26-13-6-7-14(15(10-13)20(22)23)19-11-16(21)12-5-8-17(24-2)18(9-12)25-3/h5-10,19H,4,11H2,1-3H3. The van der Waals surface area contributed by atoms with Crippen LogP contribution in [0.1, 0.15) is 17.3 Å². The number of nitro groups is 1. The number of rotatable bonds is 9. The van der Waals surface area contributed by atoms with Crippen molar-refractivity contribution in [2.75, 3.05) is 32.7 Å². The molecule has 0 radical (unpaired) electrons. The average molecular weight is 360 g/mol. The van der Waals surface area contributed by atoms with Crippen molar-refractivity contribution in [1.82, 2.24) is 0 Å². The highest BCUT2D eigenvalue weighted by Gasteiger charge is 2.17. The Bertz CT molecular complexity index is 806. The van der Waals surface area contributed by atoms with Crippen molar-refractivity contribution in [3.63, 3.8) is 0 Å². The molecule has 0 unspecified atom stereocenters. The molecule has 0 amide bonds. The Balaban J connectivity index is 2.15. The number of nitrogens with zero attached hydrogens (tertiary/aromatic N) is 1. The second kappa shape index (κ2) is 8.70. The molecule has 8 nitrogen and oxygen atoms in total. The summed E-state index contributed by atoms with van der Waals surface area (Å²) in [4.78, 5) is 23.1. The Morgan fingerprint density at radius 2 is 1.85 bits per heavy atom. The smallest absolute Gasteiger partial charge is 0.296 e. The maximum Gasteiger partial charge on any atom is 0.296 e. The molecule has 0 aliphatic heterocycles. The van der Waals surface area contributed by atoms with Crippen molar-refractivity contribution in [1.29, 1.82) is 0 Å². The molecule has 0 heterocycles. The van der Waals surface area contributed by atoms with E-state index in [1.807, 2.05) is 0 Å². The van der Waals surface area contributed by atoms with Crippen LogP contribution in [0.2, 0.25) is 0 Å². The number of Topliss-reactive ketones (excluding diaryl/α,β-unsaturated/α-hetero) is 1. The Morgan fingerprint density at radius 3 is 2.46 bits per heavy atom. The fraction of sp³-hybridized carbons (Fsp3) is 0.278. The van der Waals surface area contributed by atoms with E-state index < -0.39 is 4.92 Å². The lowest BCUT2D eigenvalue weighted by Gasteiger charge is -2.11. The minimum Gasteiger partial charge on any atom is -0.494 e. The summed E-state index contributed by atoms with van der Waals surface area (Å²) in [5.41, 5.74) is 0.493. The van der Waals surface area contributed by atoms with Crippen molar-refractivity contribution in [2.45, 2.75) is 6.92 Å². The number of benzene rings is 2. The van der Waals surface area contributed by atoms with Gasteiger partial charge in [0.25, 0.3) is 5.69 Å². The topological polar surface area (TPSA) is 99.9 Å². The first-order valence-electron chi connectivity index (χ1n) is 7.90. The zero-order valence-corrected chi connectivity index (χ0v) is 14.8. The minimum atomic E-state index is -0.522. The van der Waals surface area contributed by atoms with E-state index in [0.717, 1.165) is 0 Å². The number of carbonyl (C=O) groups excluding carboxylic acids is 1. The van der Waals surface area contributed by atoms with Gasteiger partial charge in [-0.1, -0.05) is 0 Å². The van der Waals surface area contributed by atoms with E-state index in [9.17, 15) is 14.9 Å². The van der Waals surface area contributed by atoms with Crippen LogP contribution in [0.4, 0.5) is 11.4 Å². The van der Waals surface area contributed by atoms with Crippen molar-refractivity contribution < 1.29 is 23.9 Å². The van der Waals surface area contributed by atoms with Crippen LogP contribution in [0.15, 0.2) is 36.4 Å². The van der Waals surface area contributed by atoms with E-state index in [1.54, 1.807) is 31.2 Å². The largest absolute Gasteiger partial charge is 0.494 e. The van der Waals surface area contributed by atoms with Crippen molar-refractivity contribution >= 4 is 17.2 Å². The zero-order chi connectivity index (χ0) is 19.1. The molecule has 8 heteroatoms. The number of hydrogen-bond donors (Lipinski definition) is 1. The number of nitro benzene ring substituents is 1. The molecular weight excluding hydrogens is 340 g/mol. The first-order chi connectivity index (χ1) is 12.5. The molecular formula is C18H20N2O6. The third-order valence-electron chi connectivity index (χ3n) is 3.62. The minimum absolute atomic E-state index is 0.107. The monoisotopic (exact) mass is 360 g/mol. The van der Waals surface area contributed by atoms with E-state index in [1.165, 1.54) is 26.4 Å². The van der Waals surface area contributed by atoms with Gasteiger partial charge in [0.1, 0.15) is 11.4 Å². The molecule has 2 aromatic rings. The van der Waals surface area contributed by atoms with Gasteiger partial charge >= 0.3 is 0 Å². The number of carbonyl (C=O) groups is 1. The van der Waals surface area contributed by atoms with Crippen LogP contribution in [-0.4, -0.2) is 38.1 Å². The van der Waals surface area contributed by atoms with Crippen LogP contribution in [0.25, 0.3) is 0 Å². The normalized spacial score (nSPS) is 10.1. The maximum atomic E-state index is 12.4. The Labute approximate surface area is 150 Å². The first-order valence-corrected chi connectivity index (χ1v) is 7.90. The van der Waals surface area contributed by atoms with Crippen molar-refractivity contribution in [3.8, 4) is 17.2 Å². The van der Waals surface area contributed by atoms with Gasteiger partial charge in [-0.25, -0.2) is 0 Å². The van der Waals surface area contributed by atoms with Crippen LogP contribution in [0.5, 0.6) is 17.2 Å². The molecule has 2 rings (SSSR count). The summed E-state index contributed by atoms with van der Waals surface area (Å²) >= 11 is 0. The molecule has 26 heavy (non-hydrogen) atoms. The lowest BCUT2D eigenvalue weighted by atomic mass is 10.1. The summed E-state index contributed by atoms with van der Waals surface area (Å²) in [6, 6.07) is 9.26. The molecule has 0 spiro atoms. The molecule has 0 fully saturated rings. The zero-order valence-electron chi connectivity index (χ0n) is 14.8. The Kier molecular flexibility index (Phi) is 6.37. The first kappa shape index (κ1) is 19.0. The Morgan fingerprint density at radius 1 is 1.12 bits per heavy atom. The fourth-order valence-corrected chi connectivity index (χ4v) is 2.36. The van der Waals surface area contributed by atoms with Gasteiger partial charge in [0.15, 0.2) is 17.3 Å². The molecule has 0 aliphatic carbocycles. The average Bonchev–Trinajstić information content (AvgIpc) is 2.66. The molecule has 1 N–H and O–H groups in total. The highest BCUT2D eigenvalue weighted by Crippen LogP contribution is 2.30. The van der Waals surface area contributed by atoms with E-state index in [0.29, 0.717) is 29.4 Å². The van der Waals surface area contributed by atoms with Crippen LogP contribution in [-0.2, 0) is 0 Å². The number of ketones is 1. The Hall–Kier alpha value is -3.29. The lowest BCUT2D eigenvalue weighted by molar-refractivity contribution is -0.384. The van der Waals surface area contributed by atoms with E-state index in [2.05, 4.69) is 5.32 Å². The predicted octanol–water partition coefficient (Wildman–Crippen LogP) is 3.31. The number of methoxy groups -OCH3 is 2. The van der Waals surface area contributed by atoms with Crippen LogP contribution >= 0.6 is 0 Å². The third-order valence-corrected chi connectivity index (χ3v) is 3.62. The molecule has 0 atom stereocenters. The summed E-state index contributed by atoms with van der Waals surface area (Å²) in [6.45, 7) is 2.09. The second-order valence-electron chi connectivity index (χ2n) is 5.22. The SMILES string of the molecule is CCOc1ccc(NCC(=O)c2ccc(OC)c(OC)c2)c([N+](=O)[O-])c1. The van der Waals surface area contributed by atoms with Gasteiger partial charge < -0.3 is 19.5 Å². The van der Waals surface area contributed by atoms with E-state index >= 15 is 0 Å². The van der Waals surface area contributed by atoms with Gasteiger partial charge in [0.05, 0.1) is 38.4 Å². The van der Waals surface area contributed by atoms with Crippen molar-refractivity contribution in [3.05, 3.63) is 52.1 Å². The molecule has 0 saturated heterocycles. The summed E-state index contributed by atoms with van der Waals surface area (Å²) in [5.74, 6) is 1.11. The molecule has 0 aliphatic rings. The van der Waals surface area contributed by atoms with Gasteiger partial charge in [0, 0.05) is 5.56 Å². The van der Waals surface area contributed by atoms with Crippen LogP contribution in [0, 0.1) is 10.1 Å². The summed E-state index contributed by atoms with van der Waals surface area (Å²) in [7, 11) is 2.99. The number of ether oxygens (including phenoxy) is 3. The summed E-state index contributed by atoms with van der Waals surface area (Å²) in [5, 5.41) is 14.1. The number of nitrogens with one attached hydrogen (secondary N) is 1. The van der Waals surface area contributed by atoms with E-state index in [4.69, 9.17) is 14.2 Å². The van der Waals surface area contributed by atoms with Gasteiger partial charge in [-0.3, -0.25) is 14.9 Å². The highest BCUT2D eigenvalue weighted by molar-refractivity contribution is 5.99. The van der Waals surface area contributed by atoms with Crippen LogP contribution in [0.3, 0.4) is 0 Å².